The molecule has 0 unspecified atom stereocenters. The van der Waals surface area contributed by atoms with Crippen LogP contribution < -0.4 is 4.74 Å². The topological polar surface area (TPSA) is 21.6 Å². The maximum Gasteiger partial charge on any atom is 0.165 e. The number of allylic oxidation sites excluding steroid dienone is 2. The summed E-state index contributed by atoms with van der Waals surface area (Å²) in [7, 11) is 1.48. The highest BCUT2D eigenvalue weighted by Crippen LogP contribution is 2.23. The summed E-state index contributed by atoms with van der Waals surface area (Å²) in [5.41, 5.74) is 3.25. The molecule has 0 N–H and O–H groups in total. The minimum Gasteiger partial charge on any atom is -0.494 e. The minimum absolute atomic E-state index is 0.268. The molecule has 1 aliphatic heterocycles. The number of halogens is 1. The van der Waals surface area contributed by atoms with Crippen LogP contribution in [0.1, 0.15) is 32.3 Å². The van der Waals surface area contributed by atoms with Gasteiger partial charge in [-0.05, 0) is 43.0 Å². The van der Waals surface area contributed by atoms with E-state index in [-0.39, 0.29) is 11.6 Å². The summed E-state index contributed by atoms with van der Waals surface area (Å²) in [5, 5.41) is 0. The summed E-state index contributed by atoms with van der Waals surface area (Å²) in [6.45, 7) is 5.21. The predicted octanol–water partition coefficient (Wildman–Crippen LogP) is 4.00. The monoisotopic (exact) mass is 261 g/mol. The Morgan fingerprint density at radius 2 is 2.11 bits per heavy atom. The molecule has 2 rings (SSSR count). The molecular weight excluding hydrogens is 241 g/mol. The van der Waals surface area contributed by atoms with E-state index in [2.05, 4.69) is 24.9 Å². The Morgan fingerprint density at radius 3 is 2.79 bits per heavy atom. The van der Waals surface area contributed by atoms with Gasteiger partial charge in [0.15, 0.2) is 11.6 Å². The van der Waals surface area contributed by atoms with Gasteiger partial charge < -0.3 is 4.74 Å². The number of nitrogens with zero attached hydrogens (tertiary/aromatic N) is 1. The van der Waals surface area contributed by atoms with E-state index in [0.717, 1.165) is 30.7 Å². The predicted molar refractivity (Wildman–Crippen MR) is 76.5 cm³/mol. The molecule has 0 saturated carbocycles. The normalized spacial score (nSPS) is 15.8. The molecule has 1 heterocycles. The summed E-state index contributed by atoms with van der Waals surface area (Å²) in [5.74, 6) is 0.447. The van der Waals surface area contributed by atoms with Gasteiger partial charge in [-0.1, -0.05) is 19.4 Å². The fourth-order valence-corrected chi connectivity index (χ4v) is 2.23. The molecule has 102 valence electrons. The number of rotatable bonds is 3. The molecule has 1 aliphatic rings. The van der Waals surface area contributed by atoms with Crippen molar-refractivity contribution in [2.45, 2.75) is 26.7 Å². The van der Waals surface area contributed by atoms with Gasteiger partial charge in [0.2, 0.25) is 0 Å². The van der Waals surface area contributed by atoms with Crippen molar-refractivity contribution >= 4 is 5.71 Å². The molecule has 0 aliphatic carbocycles. The molecular formula is C16H20FNO. The van der Waals surface area contributed by atoms with Crippen LogP contribution in [0.4, 0.5) is 4.39 Å². The second kappa shape index (κ2) is 6.00. The van der Waals surface area contributed by atoms with Crippen molar-refractivity contribution in [1.82, 2.24) is 0 Å². The van der Waals surface area contributed by atoms with Crippen molar-refractivity contribution in [1.29, 1.82) is 0 Å². The first-order valence-electron chi connectivity index (χ1n) is 6.70. The minimum atomic E-state index is -0.339. The van der Waals surface area contributed by atoms with Crippen molar-refractivity contribution in [3.05, 3.63) is 41.2 Å². The standard InChI is InChI=1S/C16H20FNO/c1-11(2)12-5-4-8-18-15(9-12)13-6-7-14(17)16(10-13)19-3/h6-7,9-11H,4-5,8H2,1-3H3. The van der Waals surface area contributed by atoms with Gasteiger partial charge in [-0.25, -0.2) is 4.39 Å². The molecule has 0 fully saturated rings. The lowest BCUT2D eigenvalue weighted by Crippen LogP contribution is -2.02. The number of benzene rings is 1. The van der Waals surface area contributed by atoms with Crippen molar-refractivity contribution in [2.24, 2.45) is 10.9 Å². The third kappa shape index (κ3) is 3.22. The average molecular weight is 261 g/mol. The van der Waals surface area contributed by atoms with Gasteiger partial charge in [0.05, 0.1) is 12.8 Å². The van der Waals surface area contributed by atoms with Crippen molar-refractivity contribution in [3.8, 4) is 5.75 Å². The zero-order valence-electron chi connectivity index (χ0n) is 11.7. The highest BCUT2D eigenvalue weighted by Gasteiger charge is 2.12. The number of methoxy groups -OCH3 is 1. The molecule has 3 heteroatoms. The fraction of sp³-hybridized carbons (Fsp3) is 0.438. The maximum atomic E-state index is 13.4. The van der Waals surface area contributed by atoms with Crippen molar-refractivity contribution in [2.75, 3.05) is 13.7 Å². The number of ether oxygens (including phenoxy) is 1. The number of hydrogen-bond donors (Lipinski definition) is 0. The van der Waals surface area contributed by atoms with Crippen LogP contribution in [0.2, 0.25) is 0 Å². The van der Waals surface area contributed by atoms with E-state index in [1.807, 2.05) is 0 Å². The summed E-state index contributed by atoms with van der Waals surface area (Å²) >= 11 is 0. The largest absolute Gasteiger partial charge is 0.494 e. The molecule has 0 aromatic heterocycles. The first-order valence-corrected chi connectivity index (χ1v) is 6.70. The van der Waals surface area contributed by atoms with E-state index in [9.17, 15) is 4.39 Å². The summed E-state index contributed by atoms with van der Waals surface area (Å²) in [4.78, 5) is 4.59. The molecule has 0 atom stereocenters. The summed E-state index contributed by atoms with van der Waals surface area (Å²) in [6, 6.07) is 4.91. The Hall–Kier alpha value is -1.64. The second-order valence-corrected chi connectivity index (χ2v) is 5.09. The van der Waals surface area contributed by atoms with Gasteiger partial charge in [-0.2, -0.15) is 0 Å². The maximum absolute atomic E-state index is 13.4. The smallest absolute Gasteiger partial charge is 0.165 e. The Morgan fingerprint density at radius 1 is 1.32 bits per heavy atom. The van der Waals surface area contributed by atoms with E-state index in [1.165, 1.54) is 18.7 Å². The molecule has 2 nitrogen and oxygen atoms in total. The first kappa shape index (κ1) is 13.8. The van der Waals surface area contributed by atoms with Crippen LogP contribution in [0, 0.1) is 11.7 Å². The Labute approximate surface area is 114 Å². The third-order valence-corrected chi connectivity index (χ3v) is 3.42. The van der Waals surface area contributed by atoms with Gasteiger partial charge in [0.1, 0.15) is 0 Å². The van der Waals surface area contributed by atoms with E-state index in [0.29, 0.717) is 5.92 Å². The second-order valence-electron chi connectivity index (χ2n) is 5.09. The Balaban J connectivity index is 2.39. The molecule has 0 saturated heterocycles. The van der Waals surface area contributed by atoms with E-state index in [4.69, 9.17) is 4.74 Å². The third-order valence-electron chi connectivity index (χ3n) is 3.42. The number of aliphatic imine (C=N–C) groups is 1. The lowest BCUT2D eigenvalue weighted by atomic mass is 9.96. The van der Waals surface area contributed by atoms with Gasteiger partial charge >= 0.3 is 0 Å². The SMILES string of the molecule is COc1cc(C2=NCCCC(C(C)C)=C2)ccc1F. The van der Waals surface area contributed by atoms with Crippen LogP contribution in [0.25, 0.3) is 0 Å². The van der Waals surface area contributed by atoms with Crippen LogP contribution in [-0.2, 0) is 0 Å². The molecule has 0 bridgehead atoms. The van der Waals surface area contributed by atoms with Crippen LogP contribution in [-0.4, -0.2) is 19.4 Å². The summed E-state index contributed by atoms with van der Waals surface area (Å²) < 4.78 is 18.5. The highest BCUT2D eigenvalue weighted by molar-refractivity contribution is 6.09. The molecule has 1 aromatic rings. The summed E-state index contributed by atoms with van der Waals surface area (Å²) in [6.07, 6.45) is 4.30. The van der Waals surface area contributed by atoms with Crippen LogP contribution >= 0.6 is 0 Å². The fourth-order valence-electron chi connectivity index (χ4n) is 2.23. The van der Waals surface area contributed by atoms with Crippen LogP contribution in [0.3, 0.4) is 0 Å². The Kier molecular flexibility index (Phi) is 4.35. The molecule has 0 spiro atoms. The molecule has 0 radical (unpaired) electrons. The molecule has 0 amide bonds. The quantitative estimate of drug-likeness (QED) is 0.806. The van der Waals surface area contributed by atoms with Gasteiger partial charge in [-0.15, -0.1) is 0 Å². The molecule has 1 aromatic carbocycles. The van der Waals surface area contributed by atoms with E-state index < -0.39 is 0 Å². The highest BCUT2D eigenvalue weighted by atomic mass is 19.1. The molecule has 19 heavy (non-hydrogen) atoms. The average Bonchev–Trinajstić information content (AvgIpc) is 2.65. The van der Waals surface area contributed by atoms with E-state index in [1.54, 1.807) is 12.1 Å². The lowest BCUT2D eigenvalue weighted by Gasteiger charge is -2.10. The van der Waals surface area contributed by atoms with Crippen molar-refractivity contribution < 1.29 is 9.13 Å². The van der Waals surface area contributed by atoms with Gasteiger partial charge in [0, 0.05) is 12.1 Å². The number of hydrogen-bond acceptors (Lipinski definition) is 2. The zero-order chi connectivity index (χ0) is 13.8. The van der Waals surface area contributed by atoms with Gasteiger partial charge in [-0.3, -0.25) is 4.99 Å². The van der Waals surface area contributed by atoms with Gasteiger partial charge in [0.25, 0.3) is 0 Å². The zero-order valence-corrected chi connectivity index (χ0v) is 11.7. The van der Waals surface area contributed by atoms with Crippen LogP contribution in [0.5, 0.6) is 5.75 Å². The van der Waals surface area contributed by atoms with Crippen molar-refractivity contribution in [3.63, 3.8) is 0 Å². The first-order chi connectivity index (χ1) is 9.11. The Bertz CT molecular complexity index is 517. The van der Waals surface area contributed by atoms with Crippen LogP contribution in [0.15, 0.2) is 34.8 Å². The van der Waals surface area contributed by atoms with E-state index >= 15 is 0 Å². The lowest BCUT2D eigenvalue weighted by molar-refractivity contribution is 0.386.